The van der Waals surface area contributed by atoms with Gasteiger partial charge in [-0.3, -0.25) is 0 Å². The third-order valence-corrected chi connectivity index (χ3v) is 4.94. The van der Waals surface area contributed by atoms with E-state index >= 15 is 0 Å². The highest BCUT2D eigenvalue weighted by molar-refractivity contribution is 8.00. The topological polar surface area (TPSA) is 37.9 Å². The molecule has 2 heterocycles. The van der Waals surface area contributed by atoms with Gasteiger partial charge in [-0.1, -0.05) is 0 Å². The molecule has 1 aromatic heterocycles. The normalized spacial score (nSPS) is 24.4. The zero-order valence-electron chi connectivity index (χ0n) is 10.1. The lowest BCUT2D eigenvalue weighted by Gasteiger charge is -2.18. The Bertz CT molecular complexity index is 543. The molecule has 0 aliphatic carbocycles. The van der Waals surface area contributed by atoms with Crippen LogP contribution < -0.4 is 4.74 Å². The number of aromatic nitrogens is 2. The van der Waals surface area contributed by atoms with Gasteiger partial charge in [0.05, 0.1) is 22.9 Å². The summed E-state index contributed by atoms with van der Waals surface area (Å²) >= 11 is 2.00. The number of fused-ring (bicyclic) bond motifs is 1. The number of methoxy groups -OCH3 is 1. The standard InChI is InChI=1S/C13H16N2OS/c1-13(6-3-7-17-13)12-14-10-5-4-9(16-2)8-11(10)15-12/h4-5,8H,3,6-7H2,1-2H3,(H,14,15). The molecule has 1 fully saturated rings. The molecule has 17 heavy (non-hydrogen) atoms. The lowest BCUT2D eigenvalue weighted by molar-refractivity contribution is 0.415. The summed E-state index contributed by atoms with van der Waals surface area (Å²) in [6.45, 7) is 2.28. The van der Waals surface area contributed by atoms with Crippen LogP contribution in [-0.2, 0) is 4.75 Å². The maximum absolute atomic E-state index is 5.23. The number of hydrogen-bond donors (Lipinski definition) is 1. The number of imidazole rings is 1. The average molecular weight is 248 g/mol. The number of aromatic amines is 1. The van der Waals surface area contributed by atoms with E-state index < -0.39 is 0 Å². The smallest absolute Gasteiger partial charge is 0.123 e. The summed E-state index contributed by atoms with van der Waals surface area (Å²) < 4.78 is 5.39. The maximum atomic E-state index is 5.23. The van der Waals surface area contributed by atoms with Gasteiger partial charge in [0.25, 0.3) is 0 Å². The highest BCUT2D eigenvalue weighted by Crippen LogP contribution is 2.45. The Morgan fingerprint density at radius 1 is 1.47 bits per heavy atom. The molecule has 1 aliphatic rings. The summed E-state index contributed by atoms with van der Waals surface area (Å²) in [7, 11) is 1.69. The molecule has 3 nitrogen and oxygen atoms in total. The SMILES string of the molecule is COc1ccc2nc(C3(C)CCCS3)[nH]c2c1. The van der Waals surface area contributed by atoms with Crippen molar-refractivity contribution < 1.29 is 4.74 Å². The molecule has 0 bridgehead atoms. The highest BCUT2D eigenvalue weighted by atomic mass is 32.2. The third kappa shape index (κ3) is 1.80. The monoisotopic (exact) mass is 248 g/mol. The molecule has 0 spiro atoms. The van der Waals surface area contributed by atoms with Crippen LogP contribution in [-0.4, -0.2) is 22.8 Å². The van der Waals surface area contributed by atoms with Crippen LogP contribution in [0.1, 0.15) is 25.6 Å². The molecule has 1 aromatic carbocycles. The summed E-state index contributed by atoms with van der Waals surface area (Å²) in [4.78, 5) is 8.15. The van der Waals surface area contributed by atoms with Crippen LogP contribution in [0.2, 0.25) is 0 Å². The van der Waals surface area contributed by atoms with E-state index in [1.165, 1.54) is 18.6 Å². The molecule has 4 heteroatoms. The molecule has 1 N–H and O–H groups in total. The van der Waals surface area contributed by atoms with Crippen molar-refractivity contribution in [1.82, 2.24) is 9.97 Å². The zero-order valence-corrected chi connectivity index (χ0v) is 10.9. The molecule has 1 aliphatic heterocycles. The number of thioether (sulfide) groups is 1. The Balaban J connectivity index is 2.07. The first-order valence-corrected chi connectivity index (χ1v) is 6.88. The first-order chi connectivity index (χ1) is 8.21. The molecule has 0 saturated carbocycles. The van der Waals surface area contributed by atoms with Crippen LogP contribution in [0.15, 0.2) is 18.2 Å². The Morgan fingerprint density at radius 2 is 2.35 bits per heavy atom. The average Bonchev–Trinajstić information content (AvgIpc) is 2.94. The first kappa shape index (κ1) is 11.0. The van der Waals surface area contributed by atoms with Crippen molar-refractivity contribution in [3.05, 3.63) is 24.0 Å². The summed E-state index contributed by atoms with van der Waals surface area (Å²) in [5.74, 6) is 3.21. The number of nitrogens with one attached hydrogen (secondary N) is 1. The summed E-state index contributed by atoms with van der Waals surface area (Å²) in [5, 5.41) is 0. The maximum Gasteiger partial charge on any atom is 0.123 e. The molecule has 1 unspecified atom stereocenters. The molecule has 3 rings (SSSR count). The van der Waals surface area contributed by atoms with Gasteiger partial charge >= 0.3 is 0 Å². The fourth-order valence-corrected chi connectivity index (χ4v) is 3.59. The Morgan fingerprint density at radius 3 is 3.06 bits per heavy atom. The number of nitrogens with zero attached hydrogens (tertiary/aromatic N) is 1. The molecule has 90 valence electrons. The van der Waals surface area contributed by atoms with E-state index in [1.807, 2.05) is 30.0 Å². The second kappa shape index (κ2) is 3.95. The summed E-state index contributed by atoms with van der Waals surface area (Å²) in [5.41, 5.74) is 2.09. The van der Waals surface area contributed by atoms with Gasteiger partial charge in [-0.25, -0.2) is 4.98 Å². The minimum Gasteiger partial charge on any atom is -0.497 e. The lowest BCUT2D eigenvalue weighted by atomic mass is 10.1. The van der Waals surface area contributed by atoms with Crippen molar-refractivity contribution in [2.24, 2.45) is 0 Å². The van der Waals surface area contributed by atoms with Crippen molar-refractivity contribution in [2.75, 3.05) is 12.9 Å². The number of benzene rings is 1. The van der Waals surface area contributed by atoms with Crippen molar-refractivity contribution in [1.29, 1.82) is 0 Å². The van der Waals surface area contributed by atoms with Gasteiger partial charge in [0.2, 0.25) is 0 Å². The van der Waals surface area contributed by atoms with Gasteiger partial charge < -0.3 is 9.72 Å². The Kier molecular flexibility index (Phi) is 2.54. The predicted octanol–water partition coefficient (Wildman–Crippen LogP) is 3.31. The molecular weight excluding hydrogens is 232 g/mol. The van der Waals surface area contributed by atoms with Gasteiger partial charge in [0.15, 0.2) is 0 Å². The quantitative estimate of drug-likeness (QED) is 0.886. The first-order valence-electron chi connectivity index (χ1n) is 5.89. The van der Waals surface area contributed by atoms with Gasteiger partial charge in [-0.05, 0) is 37.7 Å². The van der Waals surface area contributed by atoms with Crippen LogP contribution >= 0.6 is 11.8 Å². The minimum absolute atomic E-state index is 0.159. The van der Waals surface area contributed by atoms with Gasteiger partial charge in [0.1, 0.15) is 11.6 Å². The number of ether oxygens (including phenoxy) is 1. The number of H-pyrrole nitrogens is 1. The second-order valence-electron chi connectivity index (χ2n) is 4.65. The fraction of sp³-hybridized carbons (Fsp3) is 0.462. The molecule has 0 radical (unpaired) electrons. The fourth-order valence-electron chi connectivity index (χ4n) is 2.33. The van der Waals surface area contributed by atoms with E-state index in [2.05, 4.69) is 11.9 Å². The predicted molar refractivity (Wildman–Crippen MR) is 71.7 cm³/mol. The second-order valence-corrected chi connectivity index (χ2v) is 6.25. The largest absolute Gasteiger partial charge is 0.497 e. The molecule has 1 atom stereocenters. The van der Waals surface area contributed by atoms with Gasteiger partial charge in [-0.2, -0.15) is 0 Å². The third-order valence-electron chi connectivity index (χ3n) is 3.41. The van der Waals surface area contributed by atoms with Crippen molar-refractivity contribution in [3.8, 4) is 5.75 Å². The van der Waals surface area contributed by atoms with E-state index in [1.54, 1.807) is 7.11 Å². The van der Waals surface area contributed by atoms with E-state index in [0.29, 0.717) is 0 Å². The van der Waals surface area contributed by atoms with Crippen LogP contribution in [0.25, 0.3) is 11.0 Å². The number of hydrogen-bond acceptors (Lipinski definition) is 3. The van der Waals surface area contributed by atoms with E-state index in [9.17, 15) is 0 Å². The summed E-state index contributed by atoms with van der Waals surface area (Å²) in [6.07, 6.45) is 2.48. The summed E-state index contributed by atoms with van der Waals surface area (Å²) in [6, 6.07) is 5.98. The number of rotatable bonds is 2. The zero-order chi connectivity index (χ0) is 11.9. The lowest BCUT2D eigenvalue weighted by Crippen LogP contribution is -2.14. The van der Waals surface area contributed by atoms with Crippen molar-refractivity contribution >= 4 is 22.8 Å². The van der Waals surface area contributed by atoms with Crippen LogP contribution in [0.4, 0.5) is 0 Å². The molecular formula is C13H16N2OS. The van der Waals surface area contributed by atoms with Crippen LogP contribution in [0, 0.1) is 0 Å². The van der Waals surface area contributed by atoms with E-state index in [0.717, 1.165) is 22.6 Å². The van der Waals surface area contributed by atoms with E-state index in [-0.39, 0.29) is 4.75 Å². The molecule has 0 amide bonds. The molecule has 2 aromatic rings. The van der Waals surface area contributed by atoms with Gasteiger partial charge in [0, 0.05) is 6.07 Å². The highest BCUT2D eigenvalue weighted by Gasteiger charge is 2.34. The van der Waals surface area contributed by atoms with Crippen LogP contribution in [0.5, 0.6) is 5.75 Å². The Labute approximate surface area is 105 Å². The van der Waals surface area contributed by atoms with Gasteiger partial charge in [-0.15, -0.1) is 11.8 Å². The minimum atomic E-state index is 0.159. The molecule has 1 saturated heterocycles. The Hall–Kier alpha value is -1.16. The van der Waals surface area contributed by atoms with Crippen molar-refractivity contribution in [2.45, 2.75) is 24.5 Å². The van der Waals surface area contributed by atoms with E-state index in [4.69, 9.17) is 9.72 Å². The van der Waals surface area contributed by atoms with Crippen LogP contribution in [0.3, 0.4) is 0 Å². The van der Waals surface area contributed by atoms with Crippen molar-refractivity contribution in [3.63, 3.8) is 0 Å².